The largest absolute Gasteiger partial charge is 0.497 e. The number of piperazine rings is 1. The number of hydrogen-bond acceptors (Lipinski definition) is 9. The number of carbonyl (C=O) groups excluding carboxylic acids is 2. The van der Waals surface area contributed by atoms with Crippen LogP contribution in [0.2, 0.25) is 0 Å². The van der Waals surface area contributed by atoms with Gasteiger partial charge in [-0.15, -0.1) is 10.2 Å². The van der Waals surface area contributed by atoms with Crippen LogP contribution in [0.4, 0.5) is 5.13 Å². The summed E-state index contributed by atoms with van der Waals surface area (Å²) in [4.78, 5) is 28.7. The molecule has 1 fully saturated rings. The lowest BCUT2D eigenvalue weighted by atomic mass is 10.1. The Labute approximate surface area is 200 Å². The monoisotopic (exact) mass is 487 g/mol. The number of thioether (sulfide) groups is 1. The molecule has 1 saturated heterocycles. The maximum atomic E-state index is 12.7. The van der Waals surface area contributed by atoms with E-state index in [1.807, 2.05) is 35.2 Å². The van der Waals surface area contributed by atoms with E-state index in [1.54, 1.807) is 19.4 Å². The minimum absolute atomic E-state index is 0.0860. The van der Waals surface area contributed by atoms with Crippen LogP contribution in [0.5, 0.6) is 5.75 Å². The van der Waals surface area contributed by atoms with Crippen molar-refractivity contribution in [2.75, 3.05) is 43.9 Å². The van der Waals surface area contributed by atoms with Crippen LogP contribution in [0.25, 0.3) is 0 Å². The first-order valence-electron chi connectivity index (χ1n) is 10.5. The van der Waals surface area contributed by atoms with Crippen molar-refractivity contribution in [3.8, 4) is 5.75 Å². The molecule has 0 unspecified atom stereocenters. The van der Waals surface area contributed by atoms with Crippen molar-refractivity contribution in [1.82, 2.24) is 20.4 Å². The maximum absolute atomic E-state index is 12.7. The van der Waals surface area contributed by atoms with Crippen molar-refractivity contribution in [3.05, 3.63) is 54.0 Å². The highest BCUT2D eigenvalue weighted by atomic mass is 32.2. The zero-order valence-electron chi connectivity index (χ0n) is 18.2. The molecule has 4 rings (SSSR count). The number of hydrogen-bond donors (Lipinski definition) is 1. The highest BCUT2D eigenvalue weighted by Gasteiger charge is 2.23. The number of ether oxygens (including phenoxy) is 1. The van der Waals surface area contributed by atoms with E-state index in [4.69, 9.17) is 9.15 Å². The molecule has 2 amide bonds. The van der Waals surface area contributed by atoms with Gasteiger partial charge in [0, 0.05) is 26.2 Å². The van der Waals surface area contributed by atoms with E-state index in [0.29, 0.717) is 44.9 Å². The molecule has 0 spiro atoms. The van der Waals surface area contributed by atoms with Gasteiger partial charge in [-0.2, -0.15) is 0 Å². The summed E-state index contributed by atoms with van der Waals surface area (Å²) in [7, 11) is 1.63. The van der Waals surface area contributed by atoms with Crippen molar-refractivity contribution >= 4 is 40.0 Å². The molecule has 33 heavy (non-hydrogen) atoms. The summed E-state index contributed by atoms with van der Waals surface area (Å²) in [5, 5.41) is 12.1. The van der Waals surface area contributed by atoms with E-state index in [-0.39, 0.29) is 17.6 Å². The fourth-order valence-electron chi connectivity index (χ4n) is 3.34. The van der Waals surface area contributed by atoms with Crippen molar-refractivity contribution in [3.63, 3.8) is 0 Å². The molecule has 2 aromatic heterocycles. The molecular formula is C22H25N5O4S2. The zero-order valence-corrected chi connectivity index (χ0v) is 19.9. The first-order valence-corrected chi connectivity index (χ1v) is 12.3. The van der Waals surface area contributed by atoms with Crippen LogP contribution in [0.3, 0.4) is 0 Å². The molecule has 0 saturated carbocycles. The van der Waals surface area contributed by atoms with Gasteiger partial charge in [0.05, 0.1) is 32.1 Å². The van der Waals surface area contributed by atoms with Crippen molar-refractivity contribution in [2.45, 2.75) is 17.3 Å². The highest BCUT2D eigenvalue weighted by Crippen LogP contribution is 2.28. The first kappa shape index (κ1) is 23.1. The van der Waals surface area contributed by atoms with Crippen molar-refractivity contribution in [2.24, 2.45) is 0 Å². The molecule has 1 aromatic carbocycles. The fourth-order valence-corrected chi connectivity index (χ4v) is 5.07. The number of benzene rings is 1. The number of anilines is 1. The van der Waals surface area contributed by atoms with Gasteiger partial charge in [0.2, 0.25) is 16.9 Å². The number of nitrogens with zero attached hydrogens (tertiary/aromatic N) is 4. The van der Waals surface area contributed by atoms with Gasteiger partial charge in [-0.3, -0.25) is 9.59 Å². The lowest BCUT2D eigenvalue weighted by Gasteiger charge is -2.34. The highest BCUT2D eigenvalue weighted by molar-refractivity contribution is 8.01. The third kappa shape index (κ3) is 6.48. The van der Waals surface area contributed by atoms with Crippen LogP contribution < -0.4 is 15.0 Å². The molecule has 1 N–H and O–H groups in total. The Hall–Kier alpha value is -3.05. The van der Waals surface area contributed by atoms with Gasteiger partial charge in [0.1, 0.15) is 11.5 Å². The summed E-state index contributed by atoms with van der Waals surface area (Å²) >= 11 is 2.83. The second-order valence-electron chi connectivity index (χ2n) is 7.39. The molecule has 0 radical (unpaired) electrons. The van der Waals surface area contributed by atoms with Gasteiger partial charge < -0.3 is 24.3 Å². The Morgan fingerprint density at radius 1 is 1.15 bits per heavy atom. The molecule has 174 valence electrons. The SMILES string of the molecule is COc1ccc(CC(=O)N2CCN(c3nnc(SCC(=O)NCc4ccco4)s3)CC2)cc1. The number of rotatable bonds is 9. The predicted octanol–water partition coefficient (Wildman–Crippen LogP) is 2.44. The lowest BCUT2D eigenvalue weighted by molar-refractivity contribution is -0.130. The van der Waals surface area contributed by atoms with Crippen LogP contribution in [-0.4, -0.2) is 66.0 Å². The molecule has 0 atom stereocenters. The Balaban J connectivity index is 1.19. The second kappa shape index (κ2) is 11.2. The Morgan fingerprint density at radius 2 is 1.94 bits per heavy atom. The number of nitrogens with one attached hydrogen (secondary N) is 1. The lowest BCUT2D eigenvalue weighted by Crippen LogP contribution is -2.49. The van der Waals surface area contributed by atoms with E-state index in [9.17, 15) is 9.59 Å². The Morgan fingerprint density at radius 3 is 2.64 bits per heavy atom. The minimum atomic E-state index is -0.0860. The Kier molecular flexibility index (Phi) is 7.84. The number of methoxy groups -OCH3 is 1. The average molecular weight is 488 g/mol. The maximum Gasteiger partial charge on any atom is 0.230 e. The van der Waals surface area contributed by atoms with Crippen molar-refractivity contribution in [1.29, 1.82) is 0 Å². The number of furan rings is 1. The van der Waals surface area contributed by atoms with E-state index in [1.165, 1.54) is 23.1 Å². The molecule has 1 aliphatic heterocycles. The van der Waals surface area contributed by atoms with Crippen LogP contribution in [-0.2, 0) is 22.6 Å². The summed E-state index contributed by atoms with van der Waals surface area (Å²) in [6.45, 7) is 3.07. The summed E-state index contributed by atoms with van der Waals surface area (Å²) in [5.41, 5.74) is 0.974. The van der Waals surface area contributed by atoms with Gasteiger partial charge in [-0.25, -0.2) is 0 Å². The third-order valence-corrected chi connectivity index (χ3v) is 7.30. The molecule has 3 heterocycles. The number of amides is 2. The quantitative estimate of drug-likeness (QED) is 0.460. The summed E-state index contributed by atoms with van der Waals surface area (Å²) < 4.78 is 11.1. The summed E-state index contributed by atoms with van der Waals surface area (Å²) in [5.74, 6) is 1.80. The number of aromatic nitrogens is 2. The minimum Gasteiger partial charge on any atom is -0.497 e. The van der Waals surface area contributed by atoms with Gasteiger partial charge in [0.15, 0.2) is 4.34 Å². The molecule has 3 aromatic rings. The fraction of sp³-hybridized carbons (Fsp3) is 0.364. The second-order valence-corrected chi connectivity index (χ2v) is 9.57. The molecule has 9 nitrogen and oxygen atoms in total. The summed E-state index contributed by atoms with van der Waals surface area (Å²) in [6, 6.07) is 11.2. The molecule has 1 aliphatic rings. The van der Waals surface area contributed by atoms with E-state index < -0.39 is 0 Å². The third-order valence-electron chi connectivity index (χ3n) is 5.18. The van der Waals surface area contributed by atoms with E-state index in [0.717, 1.165) is 20.8 Å². The van der Waals surface area contributed by atoms with Gasteiger partial charge in [0.25, 0.3) is 0 Å². The standard InChI is InChI=1S/C22H25N5O4S2/c1-30-17-6-4-16(5-7-17)13-20(29)26-8-10-27(11-9-26)21-24-25-22(33-21)32-15-19(28)23-14-18-3-2-12-31-18/h2-7,12H,8-11,13-15H2,1H3,(H,23,28). The van der Waals surface area contributed by atoms with E-state index >= 15 is 0 Å². The molecular weight excluding hydrogens is 462 g/mol. The number of carbonyl (C=O) groups is 2. The van der Waals surface area contributed by atoms with Gasteiger partial charge >= 0.3 is 0 Å². The van der Waals surface area contributed by atoms with E-state index in [2.05, 4.69) is 20.4 Å². The average Bonchev–Trinajstić information content (AvgIpc) is 3.54. The van der Waals surface area contributed by atoms with Crippen LogP contribution in [0, 0.1) is 0 Å². The van der Waals surface area contributed by atoms with Gasteiger partial charge in [-0.05, 0) is 29.8 Å². The van der Waals surface area contributed by atoms with Gasteiger partial charge in [-0.1, -0.05) is 35.2 Å². The van der Waals surface area contributed by atoms with Crippen LogP contribution in [0.1, 0.15) is 11.3 Å². The Bertz CT molecular complexity index is 1050. The molecule has 0 bridgehead atoms. The smallest absolute Gasteiger partial charge is 0.230 e. The topological polar surface area (TPSA) is 101 Å². The van der Waals surface area contributed by atoms with Crippen LogP contribution >= 0.6 is 23.1 Å². The van der Waals surface area contributed by atoms with Crippen LogP contribution in [0.15, 0.2) is 51.4 Å². The van der Waals surface area contributed by atoms with Crippen molar-refractivity contribution < 1.29 is 18.7 Å². The normalized spacial score (nSPS) is 13.7. The predicted molar refractivity (Wildman–Crippen MR) is 127 cm³/mol. The molecule has 11 heteroatoms. The zero-order chi connectivity index (χ0) is 23.0. The first-order chi connectivity index (χ1) is 16.1. The summed E-state index contributed by atoms with van der Waals surface area (Å²) in [6.07, 6.45) is 1.96. The molecule has 0 aliphatic carbocycles.